The first-order chi connectivity index (χ1) is 12.6. The summed E-state index contributed by atoms with van der Waals surface area (Å²) in [6, 6.07) is -0.0845. The first-order valence-electron chi connectivity index (χ1n) is 10.1. The summed E-state index contributed by atoms with van der Waals surface area (Å²) >= 11 is 0. The first-order valence-corrected chi connectivity index (χ1v) is 10.1. The van der Waals surface area contributed by atoms with E-state index in [2.05, 4.69) is 0 Å². The summed E-state index contributed by atoms with van der Waals surface area (Å²) < 4.78 is 11.8. The number of nitrogens with zero attached hydrogens (tertiary/aromatic N) is 2. The van der Waals surface area contributed by atoms with Gasteiger partial charge in [0.25, 0.3) is 0 Å². The van der Waals surface area contributed by atoms with Crippen molar-refractivity contribution in [3.05, 3.63) is 0 Å². The van der Waals surface area contributed by atoms with Gasteiger partial charge in [-0.25, -0.2) is 0 Å². The second-order valence-electron chi connectivity index (χ2n) is 7.68. The van der Waals surface area contributed by atoms with Crippen molar-refractivity contribution in [2.24, 2.45) is 0 Å². The third-order valence-electron chi connectivity index (χ3n) is 5.71. The van der Waals surface area contributed by atoms with Crippen LogP contribution in [0, 0.1) is 0 Å². The van der Waals surface area contributed by atoms with Gasteiger partial charge in [-0.2, -0.15) is 0 Å². The fourth-order valence-electron chi connectivity index (χ4n) is 4.30. The van der Waals surface area contributed by atoms with Crippen molar-refractivity contribution < 1.29 is 24.2 Å². The number of carbonyl (C=O) groups excluding carboxylic acids is 2. The maximum absolute atomic E-state index is 12.5. The van der Waals surface area contributed by atoms with Gasteiger partial charge in [0.1, 0.15) is 6.10 Å². The van der Waals surface area contributed by atoms with E-state index in [4.69, 9.17) is 9.47 Å². The summed E-state index contributed by atoms with van der Waals surface area (Å²) in [4.78, 5) is 28.6. The summed E-state index contributed by atoms with van der Waals surface area (Å²) in [5, 5.41) is 10.0. The van der Waals surface area contributed by atoms with Crippen LogP contribution in [0.1, 0.15) is 51.9 Å². The van der Waals surface area contributed by atoms with E-state index in [1.165, 1.54) is 6.42 Å². The molecule has 26 heavy (non-hydrogen) atoms. The predicted molar refractivity (Wildman–Crippen MR) is 95.6 cm³/mol. The van der Waals surface area contributed by atoms with Crippen LogP contribution in [0.2, 0.25) is 0 Å². The van der Waals surface area contributed by atoms with Gasteiger partial charge in [-0.05, 0) is 32.1 Å². The number of hydrogen-bond donors (Lipinski definition) is 1. The van der Waals surface area contributed by atoms with Gasteiger partial charge in [-0.1, -0.05) is 6.92 Å². The van der Waals surface area contributed by atoms with Crippen molar-refractivity contribution in [2.45, 2.75) is 76.2 Å². The molecule has 0 aromatic heterocycles. The molecule has 1 N–H and O–H groups in total. The number of β-amino-alcohol motifs (C(OH)–C–C–N with tert-alkyl or cyclic N) is 1. The Morgan fingerprint density at radius 3 is 2.58 bits per heavy atom. The number of aliphatic hydroxyl groups is 1. The quantitative estimate of drug-likeness (QED) is 0.802. The Balaban J connectivity index is 1.60. The highest BCUT2D eigenvalue weighted by atomic mass is 16.5. The van der Waals surface area contributed by atoms with Crippen LogP contribution in [0.4, 0.5) is 0 Å². The molecule has 2 amide bonds. The van der Waals surface area contributed by atoms with Crippen molar-refractivity contribution in [3.8, 4) is 0 Å². The molecule has 0 aromatic carbocycles. The van der Waals surface area contributed by atoms with Crippen molar-refractivity contribution in [3.63, 3.8) is 0 Å². The fraction of sp³-hybridized carbons (Fsp3) is 0.895. The molecule has 3 aliphatic heterocycles. The molecule has 0 radical (unpaired) electrons. The molecule has 3 aliphatic rings. The second kappa shape index (κ2) is 9.15. The van der Waals surface area contributed by atoms with Crippen LogP contribution in [-0.2, 0) is 19.1 Å². The van der Waals surface area contributed by atoms with Crippen molar-refractivity contribution in [1.82, 2.24) is 9.80 Å². The Morgan fingerprint density at radius 1 is 1.08 bits per heavy atom. The topological polar surface area (TPSA) is 79.3 Å². The molecular weight excluding hydrogens is 336 g/mol. The van der Waals surface area contributed by atoms with Crippen LogP contribution in [-0.4, -0.2) is 83.9 Å². The van der Waals surface area contributed by atoms with E-state index < -0.39 is 6.10 Å². The zero-order valence-corrected chi connectivity index (χ0v) is 15.8. The highest BCUT2D eigenvalue weighted by Gasteiger charge is 2.39. The molecule has 0 spiro atoms. The van der Waals surface area contributed by atoms with Crippen LogP contribution in [0.25, 0.3) is 0 Å². The van der Waals surface area contributed by atoms with E-state index in [-0.39, 0.29) is 43.2 Å². The number of fused-ring (bicyclic) bond motifs is 1. The molecule has 0 unspecified atom stereocenters. The molecule has 0 aromatic rings. The van der Waals surface area contributed by atoms with Gasteiger partial charge in [0, 0.05) is 26.1 Å². The molecule has 0 aliphatic carbocycles. The average molecular weight is 368 g/mol. The maximum Gasteiger partial charge on any atom is 0.225 e. The number of likely N-dealkylation sites (tertiary alicyclic amines) is 1. The Kier molecular flexibility index (Phi) is 6.89. The van der Waals surface area contributed by atoms with Gasteiger partial charge in [-0.3, -0.25) is 9.59 Å². The lowest BCUT2D eigenvalue weighted by Gasteiger charge is -2.44. The first kappa shape index (κ1) is 19.6. The number of rotatable bonds is 3. The third-order valence-corrected chi connectivity index (χ3v) is 5.71. The molecule has 7 nitrogen and oxygen atoms in total. The molecule has 0 bridgehead atoms. The van der Waals surface area contributed by atoms with Crippen LogP contribution >= 0.6 is 0 Å². The van der Waals surface area contributed by atoms with Crippen molar-refractivity contribution >= 4 is 11.8 Å². The molecule has 3 heterocycles. The molecule has 3 rings (SSSR count). The summed E-state index contributed by atoms with van der Waals surface area (Å²) in [7, 11) is 0. The van der Waals surface area contributed by atoms with Gasteiger partial charge in [0.15, 0.2) is 0 Å². The lowest BCUT2D eigenvalue weighted by atomic mass is 9.94. The molecule has 4 atom stereocenters. The molecule has 148 valence electrons. The number of ether oxygens (including phenoxy) is 2. The minimum Gasteiger partial charge on any atom is -0.389 e. The maximum atomic E-state index is 12.5. The normalized spacial score (nSPS) is 33.2. The Labute approximate surface area is 155 Å². The van der Waals surface area contributed by atoms with Gasteiger partial charge in [0.05, 0.1) is 37.9 Å². The number of piperidine rings is 1. The largest absolute Gasteiger partial charge is 0.389 e. The molecular formula is C19H32N2O5. The Bertz CT molecular complexity index is 494. The lowest BCUT2D eigenvalue weighted by molar-refractivity contribution is -0.170. The highest BCUT2D eigenvalue weighted by Crippen LogP contribution is 2.28. The zero-order valence-electron chi connectivity index (χ0n) is 15.8. The monoisotopic (exact) mass is 368 g/mol. The van der Waals surface area contributed by atoms with E-state index >= 15 is 0 Å². The summed E-state index contributed by atoms with van der Waals surface area (Å²) in [6.45, 7) is 4.40. The van der Waals surface area contributed by atoms with Gasteiger partial charge >= 0.3 is 0 Å². The number of aliphatic hydroxyl groups excluding tert-OH is 1. The summed E-state index contributed by atoms with van der Waals surface area (Å²) in [5.74, 6) is 0.212. The van der Waals surface area contributed by atoms with Crippen LogP contribution in [0.5, 0.6) is 0 Å². The third kappa shape index (κ3) is 4.75. The number of hydrogen-bond acceptors (Lipinski definition) is 5. The second-order valence-corrected chi connectivity index (χ2v) is 7.68. The summed E-state index contributed by atoms with van der Waals surface area (Å²) in [5.41, 5.74) is 0. The average Bonchev–Trinajstić information content (AvgIpc) is 2.65. The standard InChI is InChI=1S/C19H32N2O5/c1-2-18(23)21-11-14(22)12-25-13-17-16(21)7-6-15(26-17)10-19(24)20-8-4-3-5-9-20/h14-17,22H,2-13H2,1H3/t14-,15+,16-,17+/m0/s1. The van der Waals surface area contributed by atoms with Gasteiger partial charge in [0.2, 0.25) is 11.8 Å². The van der Waals surface area contributed by atoms with Gasteiger partial charge < -0.3 is 24.4 Å². The van der Waals surface area contributed by atoms with E-state index in [0.717, 1.165) is 38.8 Å². The van der Waals surface area contributed by atoms with Crippen LogP contribution < -0.4 is 0 Å². The van der Waals surface area contributed by atoms with E-state index in [1.54, 1.807) is 4.90 Å². The SMILES string of the molecule is CCC(=O)N1C[C@H](O)COC[C@H]2O[C@@H](CC(=O)N3CCCCC3)CC[C@@H]21. The van der Waals surface area contributed by atoms with Crippen molar-refractivity contribution in [1.29, 1.82) is 0 Å². The predicted octanol–water partition coefficient (Wildman–Crippen LogP) is 0.935. The summed E-state index contributed by atoms with van der Waals surface area (Å²) in [6.07, 6.45) is 4.74. The zero-order chi connectivity index (χ0) is 18.5. The van der Waals surface area contributed by atoms with Crippen molar-refractivity contribution in [2.75, 3.05) is 32.8 Å². The van der Waals surface area contributed by atoms with E-state index in [0.29, 0.717) is 19.4 Å². The Hall–Kier alpha value is -1.18. The lowest BCUT2D eigenvalue weighted by Crippen LogP contribution is -2.57. The smallest absolute Gasteiger partial charge is 0.225 e. The number of carbonyl (C=O) groups is 2. The van der Waals surface area contributed by atoms with Crippen LogP contribution in [0.3, 0.4) is 0 Å². The fourth-order valence-corrected chi connectivity index (χ4v) is 4.30. The van der Waals surface area contributed by atoms with E-state index in [1.807, 2.05) is 11.8 Å². The van der Waals surface area contributed by atoms with Crippen LogP contribution in [0.15, 0.2) is 0 Å². The molecule has 0 saturated carbocycles. The Morgan fingerprint density at radius 2 is 1.85 bits per heavy atom. The molecule has 3 fully saturated rings. The van der Waals surface area contributed by atoms with E-state index in [9.17, 15) is 14.7 Å². The minimum absolute atomic E-state index is 0.0346. The minimum atomic E-state index is -0.662. The molecule has 7 heteroatoms. The number of amides is 2. The highest BCUT2D eigenvalue weighted by molar-refractivity contribution is 5.77. The molecule has 3 saturated heterocycles. The van der Waals surface area contributed by atoms with Gasteiger partial charge in [-0.15, -0.1) is 0 Å².